The molecule has 0 fully saturated rings. The van der Waals surface area contributed by atoms with E-state index in [-0.39, 0.29) is 0 Å². The Morgan fingerprint density at radius 3 is 2.76 bits per heavy atom. The summed E-state index contributed by atoms with van der Waals surface area (Å²) < 4.78 is 3.04. The Labute approximate surface area is 107 Å². The average Bonchev–Trinajstić information content (AvgIpc) is 2.72. The SMILES string of the molecule is Nc1ccccc1-c1ncc2ccc(Br)cn12. The summed E-state index contributed by atoms with van der Waals surface area (Å²) in [6.07, 6.45) is 3.83. The van der Waals surface area contributed by atoms with E-state index in [4.69, 9.17) is 5.73 Å². The maximum absolute atomic E-state index is 5.98. The number of para-hydroxylation sites is 1. The van der Waals surface area contributed by atoms with Crippen molar-refractivity contribution in [3.63, 3.8) is 0 Å². The lowest BCUT2D eigenvalue weighted by molar-refractivity contribution is 1.15. The fourth-order valence-electron chi connectivity index (χ4n) is 1.86. The van der Waals surface area contributed by atoms with Crippen LogP contribution in [-0.2, 0) is 0 Å². The highest BCUT2D eigenvalue weighted by Gasteiger charge is 2.08. The zero-order chi connectivity index (χ0) is 11.8. The second-order valence-electron chi connectivity index (χ2n) is 3.81. The van der Waals surface area contributed by atoms with Crippen LogP contribution in [0.5, 0.6) is 0 Å². The molecule has 2 aromatic heterocycles. The molecule has 0 saturated carbocycles. The minimum atomic E-state index is 0.736. The minimum absolute atomic E-state index is 0.736. The highest BCUT2D eigenvalue weighted by atomic mass is 79.9. The molecule has 4 heteroatoms. The van der Waals surface area contributed by atoms with E-state index in [0.717, 1.165) is 27.1 Å². The van der Waals surface area contributed by atoms with Gasteiger partial charge in [0.05, 0.1) is 11.7 Å². The van der Waals surface area contributed by atoms with Gasteiger partial charge in [-0.2, -0.15) is 0 Å². The number of nitrogen functional groups attached to an aromatic ring is 1. The van der Waals surface area contributed by atoms with Crippen molar-refractivity contribution in [1.29, 1.82) is 0 Å². The van der Waals surface area contributed by atoms with E-state index in [9.17, 15) is 0 Å². The third-order valence-corrected chi connectivity index (χ3v) is 3.16. The number of pyridine rings is 1. The Morgan fingerprint density at radius 1 is 1.12 bits per heavy atom. The standard InChI is InChI=1S/C13H10BrN3/c14-9-5-6-10-7-16-13(17(10)8-9)11-3-1-2-4-12(11)15/h1-8H,15H2. The van der Waals surface area contributed by atoms with Crippen molar-refractivity contribution < 1.29 is 0 Å². The molecule has 0 aliphatic carbocycles. The first-order chi connectivity index (χ1) is 8.25. The van der Waals surface area contributed by atoms with Crippen LogP contribution in [0.2, 0.25) is 0 Å². The molecule has 0 saturated heterocycles. The van der Waals surface area contributed by atoms with Gasteiger partial charge < -0.3 is 5.73 Å². The molecule has 3 rings (SSSR count). The van der Waals surface area contributed by atoms with Crippen LogP contribution < -0.4 is 5.73 Å². The number of imidazole rings is 1. The molecule has 2 heterocycles. The number of fused-ring (bicyclic) bond motifs is 1. The summed E-state index contributed by atoms with van der Waals surface area (Å²) >= 11 is 3.46. The predicted molar refractivity (Wildman–Crippen MR) is 72.7 cm³/mol. The van der Waals surface area contributed by atoms with E-state index >= 15 is 0 Å². The van der Waals surface area contributed by atoms with E-state index in [1.54, 1.807) is 0 Å². The van der Waals surface area contributed by atoms with E-state index in [1.807, 2.05) is 53.2 Å². The lowest BCUT2D eigenvalue weighted by atomic mass is 10.2. The van der Waals surface area contributed by atoms with E-state index in [0.29, 0.717) is 0 Å². The summed E-state index contributed by atoms with van der Waals surface area (Å²) in [5.74, 6) is 0.861. The van der Waals surface area contributed by atoms with Crippen molar-refractivity contribution in [2.24, 2.45) is 0 Å². The van der Waals surface area contributed by atoms with Crippen LogP contribution in [0.3, 0.4) is 0 Å². The zero-order valence-electron chi connectivity index (χ0n) is 8.97. The molecule has 0 unspecified atom stereocenters. The Bertz CT molecular complexity index is 688. The molecule has 0 spiro atoms. The predicted octanol–water partition coefficient (Wildman–Crippen LogP) is 3.35. The molecule has 2 N–H and O–H groups in total. The van der Waals surface area contributed by atoms with Crippen molar-refractivity contribution in [2.45, 2.75) is 0 Å². The second-order valence-corrected chi connectivity index (χ2v) is 4.73. The lowest BCUT2D eigenvalue weighted by Gasteiger charge is -2.04. The molecule has 0 amide bonds. The first-order valence-electron chi connectivity index (χ1n) is 5.23. The topological polar surface area (TPSA) is 43.3 Å². The molecule has 0 aliphatic rings. The van der Waals surface area contributed by atoms with Gasteiger partial charge in [0.2, 0.25) is 0 Å². The van der Waals surface area contributed by atoms with Crippen molar-refractivity contribution in [3.8, 4) is 11.4 Å². The van der Waals surface area contributed by atoms with E-state index in [1.165, 1.54) is 0 Å². The molecule has 0 bridgehead atoms. The van der Waals surface area contributed by atoms with E-state index < -0.39 is 0 Å². The number of hydrogen-bond acceptors (Lipinski definition) is 2. The average molecular weight is 288 g/mol. The van der Waals surface area contributed by atoms with Gasteiger partial charge in [-0.25, -0.2) is 4.98 Å². The number of halogens is 1. The van der Waals surface area contributed by atoms with Gasteiger partial charge in [0.1, 0.15) is 5.82 Å². The summed E-state index contributed by atoms with van der Waals surface area (Å²) in [4.78, 5) is 4.43. The van der Waals surface area contributed by atoms with Crippen LogP contribution >= 0.6 is 15.9 Å². The van der Waals surface area contributed by atoms with Crippen LogP contribution in [0.15, 0.2) is 53.3 Å². The number of nitrogens with two attached hydrogens (primary N) is 1. The molecule has 3 nitrogen and oxygen atoms in total. The third kappa shape index (κ3) is 1.70. The van der Waals surface area contributed by atoms with Gasteiger partial charge in [0.25, 0.3) is 0 Å². The quantitative estimate of drug-likeness (QED) is 0.698. The summed E-state index contributed by atoms with van der Waals surface area (Å²) in [6, 6.07) is 11.8. The van der Waals surface area contributed by atoms with Crippen LogP contribution in [0, 0.1) is 0 Å². The normalized spacial score (nSPS) is 10.9. The first-order valence-corrected chi connectivity index (χ1v) is 6.02. The largest absolute Gasteiger partial charge is 0.398 e. The van der Waals surface area contributed by atoms with Gasteiger partial charge in [-0.05, 0) is 40.2 Å². The molecular weight excluding hydrogens is 278 g/mol. The summed E-state index contributed by atoms with van der Waals surface area (Å²) in [6.45, 7) is 0. The first kappa shape index (κ1) is 10.4. The maximum atomic E-state index is 5.98. The Kier molecular flexibility index (Phi) is 2.37. The van der Waals surface area contributed by atoms with E-state index in [2.05, 4.69) is 20.9 Å². The smallest absolute Gasteiger partial charge is 0.146 e. The molecule has 84 valence electrons. The van der Waals surface area contributed by atoms with Gasteiger partial charge in [0.15, 0.2) is 0 Å². The Hall–Kier alpha value is -1.81. The minimum Gasteiger partial charge on any atom is -0.398 e. The number of anilines is 1. The number of benzene rings is 1. The van der Waals surface area contributed by atoms with Crippen LogP contribution in [-0.4, -0.2) is 9.38 Å². The monoisotopic (exact) mass is 287 g/mol. The third-order valence-electron chi connectivity index (χ3n) is 2.69. The van der Waals surface area contributed by atoms with Crippen LogP contribution in [0.1, 0.15) is 0 Å². The van der Waals surface area contributed by atoms with Gasteiger partial charge in [0, 0.05) is 21.9 Å². The number of rotatable bonds is 1. The van der Waals surface area contributed by atoms with Crippen LogP contribution in [0.4, 0.5) is 5.69 Å². The number of aromatic nitrogens is 2. The molecule has 17 heavy (non-hydrogen) atoms. The molecule has 1 aromatic carbocycles. The van der Waals surface area contributed by atoms with Gasteiger partial charge in [-0.1, -0.05) is 12.1 Å². The van der Waals surface area contributed by atoms with Gasteiger partial charge >= 0.3 is 0 Å². The highest BCUT2D eigenvalue weighted by molar-refractivity contribution is 9.10. The summed E-state index contributed by atoms with van der Waals surface area (Å²) in [5.41, 5.74) is 8.71. The van der Waals surface area contributed by atoms with Crippen LogP contribution in [0.25, 0.3) is 16.9 Å². The Balaban J connectivity index is 2.31. The fraction of sp³-hybridized carbons (Fsp3) is 0. The van der Waals surface area contributed by atoms with Crippen molar-refractivity contribution in [1.82, 2.24) is 9.38 Å². The Morgan fingerprint density at radius 2 is 1.94 bits per heavy atom. The van der Waals surface area contributed by atoms with Crippen molar-refractivity contribution in [3.05, 3.63) is 53.3 Å². The highest BCUT2D eigenvalue weighted by Crippen LogP contribution is 2.26. The zero-order valence-corrected chi connectivity index (χ0v) is 10.6. The number of hydrogen-bond donors (Lipinski definition) is 1. The summed E-state index contributed by atoms with van der Waals surface area (Å²) in [5, 5.41) is 0. The molecule has 0 aliphatic heterocycles. The fourth-order valence-corrected chi connectivity index (χ4v) is 2.20. The summed E-state index contributed by atoms with van der Waals surface area (Å²) in [7, 11) is 0. The second kappa shape index (κ2) is 3.89. The van der Waals surface area contributed by atoms with Crippen molar-refractivity contribution >= 4 is 27.1 Å². The lowest BCUT2D eigenvalue weighted by Crippen LogP contribution is -1.94. The molecular formula is C13H10BrN3. The maximum Gasteiger partial charge on any atom is 0.146 e. The number of nitrogens with zero attached hydrogens (tertiary/aromatic N) is 2. The molecule has 0 atom stereocenters. The van der Waals surface area contributed by atoms with Gasteiger partial charge in [-0.15, -0.1) is 0 Å². The molecule has 0 radical (unpaired) electrons. The molecule has 3 aromatic rings. The van der Waals surface area contributed by atoms with Gasteiger partial charge in [-0.3, -0.25) is 4.40 Å². The van der Waals surface area contributed by atoms with Crippen molar-refractivity contribution in [2.75, 3.05) is 5.73 Å².